The standard InChI is InChI=1S/C29H29N3O2/c1-4-7-26-28(29(33)32-19(2)31-26)27(22-14-16-24(34-3)17-15-22)21-12-10-20(11-13-21)25-9-6-5-8-23(25)18-30/h5-6,8-17,19,27-28H,4,7H2,1-3H3,(H,32,33)/t19?,27-,28?/m1/s1. The van der Waals surface area contributed by atoms with Crippen molar-refractivity contribution < 1.29 is 9.53 Å². The Morgan fingerprint density at radius 1 is 1.03 bits per heavy atom. The molecule has 1 heterocycles. The Kier molecular flexibility index (Phi) is 7.08. The first-order chi connectivity index (χ1) is 16.5. The summed E-state index contributed by atoms with van der Waals surface area (Å²) in [6.07, 6.45) is 1.49. The molecule has 3 atom stereocenters. The largest absolute Gasteiger partial charge is 0.497 e. The number of methoxy groups -OCH3 is 1. The average Bonchev–Trinajstić information content (AvgIpc) is 2.86. The van der Waals surface area contributed by atoms with E-state index in [1.807, 2.05) is 67.6 Å². The second-order valence-corrected chi connectivity index (χ2v) is 8.56. The molecule has 172 valence electrons. The first kappa shape index (κ1) is 23.3. The summed E-state index contributed by atoms with van der Waals surface area (Å²) in [6.45, 7) is 4.02. The van der Waals surface area contributed by atoms with E-state index in [2.05, 4.69) is 30.4 Å². The zero-order valence-corrected chi connectivity index (χ0v) is 19.8. The van der Waals surface area contributed by atoms with Crippen molar-refractivity contribution in [3.05, 3.63) is 89.5 Å². The maximum absolute atomic E-state index is 13.3. The van der Waals surface area contributed by atoms with E-state index in [9.17, 15) is 10.1 Å². The third-order valence-corrected chi connectivity index (χ3v) is 6.29. The molecule has 0 aliphatic carbocycles. The monoisotopic (exact) mass is 451 g/mol. The van der Waals surface area contributed by atoms with Crippen LogP contribution in [0, 0.1) is 17.2 Å². The van der Waals surface area contributed by atoms with Gasteiger partial charge in [0.25, 0.3) is 0 Å². The molecular formula is C29H29N3O2. The number of rotatable bonds is 7. The lowest BCUT2D eigenvalue weighted by atomic mass is 9.75. The van der Waals surface area contributed by atoms with Crippen LogP contribution in [0.15, 0.2) is 77.8 Å². The minimum Gasteiger partial charge on any atom is -0.497 e. The number of carbonyl (C=O) groups is 1. The Labute approximate surface area is 201 Å². The highest BCUT2D eigenvalue weighted by molar-refractivity contribution is 6.07. The summed E-state index contributed by atoms with van der Waals surface area (Å²) in [5.74, 6) is 0.201. The Hall–Kier alpha value is -3.91. The molecule has 0 bridgehead atoms. The van der Waals surface area contributed by atoms with Crippen LogP contribution in [-0.4, -0.2) is 24.9 Å². The van der Waals surface area contributed by atoms with Crippen LogP contribution in [-0.2, 0) is 4.79 Å². The van der Waals surface area contributed by atoms with Crippen LogP contribution in [0.5, 0.6) is 5.75 Å². The fourth-order valence-electron chi connectivity index (χ4n) is 4.72. The van der Waals surface area contributed by atoms with E-state index in [1.165, 1.54) is 0 Å². The number of carbonyl (C=O) groups excluding carboxylic acids is 1. The predicted octanol–water partition coefficient (Wildman–Crippen LogP) is 5.70. The minimum absolute atomic E-state index is 0.00525. The second kappa shape index (κ2) is 10.4. The number of aliphatic imine (C=N–C) groups is 1. The lowest BCUT2D eigenvalue weighted by Crippen LogP contribution is -2.47. The van der Waals surface area contributed by atoms with E-state index in [1.54, 1.807) is 7.11 Å². The van der Waals surface area contributed by atoms with Crippen molar-refractivity contribution in [3.63, 3.8) is 0 Å². The number of nitriles is 1. The lowest BCUT2D eigenvalue weighted by molar-refractivity contribution is -0.124. The summed E-state index contributed by atoms with van der Waals surface area (Å²) in [7, 11) is 1.65. The van der Waals surface area contributed by atoms with E-state index in [-0.39, 0.29) is 23.9 Å². The molecular weight excluding hydrogens is 422 g/mol. The molecule has 0 aromatic heterocycles. The van der Waals surface area contributed by atoms with Gasteiger partial charge in [-0.2, -0.15) is 5.26 Å². The molecule has 0 radical (unpaired) electrons. The van der Waals surface area contributed by atoms with Crippen molar-refractivity contribution in [1.82, 2.24) is 5.32 Å². The number of ether oxygens (including phenoxy) is 1. The number of benzene rings is 3. The number of hydrogen-bond acceptors (Lipinski definition) is 4. The zero-order valence-electron chi connectivity index (χ0n) is 19.8. The maximum atomic E-state index is 13.3. The van der Waals surface area contributed by atoms with Gasteiger partial charge in [-0.1, -0.05) is 67.9 Å². The van der Waals surface area contributed by atoms with Gasteiger partial charge in [0.1, 0.15) is 11.9 Å². The highest BCUT2D eigenvalue weighted by atomic mass is 16.5. The number of nitrogens with one attached hydrogen (secondary N) is 1. The molecule has 5 heteroatoms. The molecule has 0 saturated carbocycles. The average molecular weight is 452 g/mol. The normalized spacial score (nSPS) is 18.4. The number of hydrogen-bond donors (Lipinski definition) is 1. The van der Waals surface area contributed by atoms with Gasteiger partial charge in [-0.3, -0.25) is 9.79 Å². The van der Waals surface area contributed by atoms with Crippen molar-refractivity contribution in [2.75, 3.05) is 7.11 Å². The molecule has 1 aliphatic rings. The molecule has 1 N–H and O–H groups in total. The molecule has 0 saturated heterocycles. The van der Waals surface area contributed by atoms with Gasteiger partial charge in [-0.05, 0) is 53.8 Å². The minimum atomic E-state index is -0.387. The molecule has 1 aliphatic heterocycles. The first-order valence-corrected chi connectivity index (χ1v) is 11.7. The van der Waals surface area contributed by atoms with Crippen LogP contribution < -0.4 is 10.1 Å². The van der Waals surface area contributed by atoms with Crippen molar-refractivity contribution in [2.45, 2.75) is 38.8 Å². The third kappa shape index (κ3) is 4.72. The number of amides is 1. The van der Waals surface area contributed by atoms with Crippen LogP contribution in [0.3, 0.4) is 0 Å². The quantitative estimate of drug-likeness (QED) is 0.501. The summed E-state index contributed by atoms with van der Waals surface area (Å²) >= 11 is 0. The van der Waals surface area contributed by atoms with Crippen LogP contribution in [0.2, 0.25) is 0 Å². The van der Waals surface area contributed by atoms with E-state index in [0.29, 0.717) is 5.56 Å². The Bertz CT molecular complexity index is 1220. The molecule has 2 unspecified atom stereocenters. The molecule has 34 heavy (non-hydrogen) atoms. The van der Waals surface area contributed by atoms with Crippen LogP contribution in [0.25, 0.3) is 11.1 Å². The molecule has 1 amide bonds. The summed E-state index contributed by atoms with van der Waals surface area (Å²) in [5, 5.41) is 12.5. The molecule has 0 fully saturated rings. The fourth-order valence-corrected chi connectivity index (χ4v) is 4.72. The van der Waals surface area contributed by atoms with E-state index >= 15 is 0 Å². The zero-order chi connectivity index (χ0) is 24.1. The van der Waals surface area contributed by atoms with Crippen LogP contribution in [0.4, 0.5) is 0 Å². The summed E-state index contributed by atoms with van der Waals surface area (Å²) in [4.78, 5) is 18.1. The Morgan fingerprint density at radius 2 is 1.68 bits per heavy atom. The van der Waals surface area contributed by atoms with Gasteiger partial charge in [-0.15, -0.1) is 0 Å². The van der Waals surface area contributed by atoms with Crippen molar-refractivity contribution in [2.24, 2.45) is 10.9 Å². The van der Waals surface area contributed by atoms with Gasteiger partial charge in [-0.25, -0.2) is 0 Å². The molecule has 0 spiro atoms. The summed E-state index contributed by atoms with van der Waals surface area (Å²) < 4.78 is 5.35. The Morgan fingerprint density at radius 3 is 2.29 bits per heavy atom. The molecule has 3 aromatic rings. The lowest BCUT2D eigenvalue weighted by Gasteiger charge is -2.33. The summed E-state index contributed by atoms with van der Waals surface area (Å²) in [5.41, 5.74) is 5.51. The number of nitrogens with zero attached hydrogens (tertiary/aromatic N) is 2. The summed E-state index contributed by atoms with van der Waals surface area (Å²) in [6, 6.07) is 25.9. The van der Waals surface area contributed by atoms with Crippen molar-refractivity contribution in [1.29, 1.82) is 5.26 Å². The van der Waals surface area contributed by atoms with Crippen LogP contribution >= 0.6 is 0 Å². The second-order valence-electron chi connectivity index (χ2n) is 8.56. The SMILES string of the molecule is CCCC1=NC(C)NC(=O)C1[C@@H](c1ccc(OC)cc1)c1ccc(-c2ccccc2C#N)cc1. The van der Waals surface area contributed by atoms with E-state index in [4.69, 9.17) is 9.73 Å². The van der Waals surface area contributed by atoms with Gasteiger partial charge < -0.3 is 10.1 Å². The Balaban J connectivity index is 1.80. The van der Waals surface area contributed by atoms with E-state index in [0.717, 1.165) is 46.6 Å². The third-order valence-electron chi connectivity index (χ3n) is 6.29. The fraction of sp³-hybridized carbons (Fsp3) is 0.276. The smallest absolute Gasteiger partial charge is 0.231 e. The maximum Gasteiger partial charge on any atom is 0.231 e. The van der Waals surface area contributed by atoms with Gasteiger partial charge in [0, 0.05) is 11.6 Å². The van der Waals surface area contributed by atoms with Crippen molar-refractivity contribution >= 4 is 11.6 Å². The van der Waals surface area contributed by atoms with Gasteiger partial charge >= 0.3 is 0 Å². The van der Waals surface area contributed by atoms with Gasteiger partial charge in [0.2, 0.25) is 5.91 Å². The van der Waals surface area contributed by atoms with Crippen LogP contribution in [0.1, 0.15) is 49.3 Å². The predicted molar refractivity (Wildman–Crippen MR) is 135 cm³/mol. The molecule has 3 aromatic carbocycles. The van der Waals surface area contributed by atoms with E-state index < -0.39 is 0 Å². The van der Waals surface area contributed by atoms with Crippen molar-refractivity contribution in [3.8, 4) is 22.9 Å². The first-order valence-electron chi connectivity index (χ1n) is 11.7. The molecule has 4 rings (SSSR count). The van der Waals surface area contributed by atoms with Gasteiger partial charge in [0.05, 0.1) is 24.7 Å². The molecule has 5 nitrogen and oxygen atoms in total. The van der Waals surface area contributed by atoms with Gasteiger partial charge in [0.15, 0.2) is 0 Å². The highest BCUT2D eigenvalue weighted by Gasteiger charge is 2.37. The topological polar surface area (TPSA) is 74.5 Å². The highest BCUT2D eigenvalue weighted by Crippen LogP contribution is 2.37.